The highest BCUT2D eigenvalue weighted by molar-refractivity contribution is 5.78. The number of carbonyl (C=O) groups excluding carboxylic acids is 1. The summed E-state index contributed by atoms with van der Waals surface area (Å²) >= 11 is 0. The van der Waals surface area contributed by atoms with Crippen LogP contribution in [0, 0.1) is 13.8 Å². The summed E-state index contributed by atoms with van der Waals surface area (Å²) in [4.78, 5) is 14.3. The maximum atomic E-state index is 12.4. The molecule has 1 aliphatic heterocycles. The molecule has 2 heterocycles. The van der Waals surface area contributed by atoms with Crippen LogP contribution in [-0.4, -0.2) is 45.8 Å². The number of nitrogens with zero attached hydrogens (tertiary/aromatic N) is 3. The maximum absolute atomic E-state index is 12.4. The van der Waals surface area contributed by atoms with Gasteiger partial charge in [-0.2, -0.15) is 5.10 Å². The number of carbonyl (C=O) groups is 1. The van der Waals surface area contributed by atoms with Crippen molar-refractivity contribution in [3.05, 3.63) is 11.4 Å². The van der Waals surface area contributed by atoms with E-state index in [2.05, 4.69) is 5.10 Å². The third-order valence-electron chi connectivity index (χ3n) is 4.26. The lowest BCUT2D eigenvalue weighted by Gasteiger charge is -2.38. The zero-order valence-electron chi connectivity index (χ0n) is 13.4. The van der Waals surface area contributed by atoms with Crippen LogP contribution in [0.15, 0.2) is 0 Å². The first-order chi connectivity index (χ1) is 9.91. The molecule has 0 aliphatic carbocycles. The minimum absolute atomic E-state index is 0.00360. The Morgan fingerprint density at radius 3 is 2.76 bits per heavy atom. The van der Waals surface area contributed by atoms with Crippen LogP contribution in [0.25, 0.3) is 0 Å². The molecule has 2 rings (SSSR count). The van der Waals surface area contributed by atoms with Gasteiger partial charge in [-0.3, -0.25) is 9.48 Å². The number of nitrogens with two attached hydrogens (primary N) is 1. The average Bonchev–Trinajstić information content (AvgIpc) is 2.70. The van der Waals surface area contributed by atoms with Crippen molar-refractivity contribution >= 4 is 5.91 Å². The van der Waals surface area contributed by atoms with Gasteiger partial charge in [0.1, 0.15) is 5.69 Å². The summed E-state index contributed by atoms with van der Waals surface area (Å²) in [5.74, 6) is 0.722. The highest BCUT2D eigenvalue weighted by Gasteiger charge is 2.29. The number of likely N-dealkylation sites (tertiary alicyclic amines) is 1. The van der Waals surface area contributed by atoms with Gasteiger partial charge in [0.25, 0.3) is 5.91 Å². The summed E-state index contributed by atoms with van der Waals surface area (Å²) in [5, 5.41) is 4.29. The van der Waals surface area contributed by atoms with E-state index < -0.39 is 0 Å². The van der Waals surface area contributed by atoms with E-state index in [0.717, 1.165) is 37.2 Å². The standard InChI is InChI=1S/C15H26N4O2/c1-10(16)13-7-5-6-8-19(13)14(20)9-21-15-11(2)17-18(4)12(15)3/h10,13H,5-9,16H2,1-4H3. The highest BCUT2D eigenvalue weighted by atomic mass is 16.5. The van der Waals surface area contributed by atoms with Gasteiger partial charge in [0.2, 0.25) is 0 Å². The van der Waals surface area contributed by atoms with Crippen molar-refractivity contribution in [2.45, 2.75) is 52.1 Å². The molecule has 1 aromatic rings. The molecule has 2 N–H and O–H groups in total. The zero-order valence-corrected chi connectivity index (χ0v) is 13.4. The van der Waals surface area contributed by atoms with Crippen LogP contribution in [0.4, 0.5) is 0 Å². The molecule has 1 fully saturated rings. The minimum Gasteiger partial charge on any atom is -0.480 e. The van der Waals surface area contributed by atoms with E-state index >= 15 is 0 Å². The molecule has 0 radical (unpaired) electrons. The van der Waals surface area contributed by atoms with Crippen LogP contribution >= 0.6 is 0 Å². The van der Waals surface area contributed by atoms with E-state index in [4.69, 9.17) is 10.5 Å². The second-order valence-electron chi connectivity index (χ2n) is 5.92. The Morgan fingerprint density at radius 1 is 1.48 bits per heavy atom. The van der Waals surface area contributed by atoms with Crippen LogP contribution < -0.4 is 10.5 Å². The Kier molecular flexibility index (Phi) is 4.88. The first kappa shape index (κ1) is 15.8. The lowest BCUT2D eigenvalue weighted by Crippen LogP contribution is -2.52. The monoisotopic (exact) mass is 294 g/mol. The van der Waals surface area contributed by atoms with Gasteiger partial charge < -0.3 is 15.4 Å². The zero-order chi connectivity index (χ0) is 15.6. The smallest absolute Gasteiger partial charge is 0.260 e. The van der Waals surface area contributed by atoms with E-state index in [1.807, 2.05) is 32.7 Å². The lowest BCUT2D eigenvalue weighted by molar-refractivity contribution is -0.137. The Balaban J connectivity index is 2.00. The van der Waals surface area contributed by atoms with Gasteiger partial charge in [-0.1, -0.05) is 0 Å². The van der Waals surface area contributed by atoms with Crippen molar-refractivity contribution in [3.63, 3.8) is 0 Å². The number of hydrogen-bond donors (Lipinski definition) is 1. The summed E-state index contributed by atoms with van der Waals surface area (Å²) in [7, 11) is 1.87. The van der Waals surface area contributed by atoms with Gasteiger partial charge in [0.15, 0.2) is 12.4 Å². The van der Waals surface area contributed by atoms with Crippen molar-refractivity contribution in [3.8, 4) is 5.75 Å². The first-order valence-corrected chi connectivity index (χ1v) is 7.60. The number of aromatic nitrogens is 2. The summed E-state index contributed by atoms with van der Waals surface area (Å²) < 4.78 is 7.48. The summed E-state index contributed by atoms with van der Waals surface area (Å²) in [6, 6.07) is 0.127. The molecule has 118 valence electrons. The average molecular weight is 294 g/mol. The molecule has 1 aromatic heterocycles. The molecule has 6 nitrogen and oxygen atoms in total. The van der Waals surface area contributed by atoms with E-state index in [0.29, 0.717) is 5.75 Å². The van der Waals surface area contributed by atoms with Crippen LogP contribution in [0.5, 0.6) is 5.75 Å². The second kappa shape index (κ2) is 6.47. The molecular weight excluding hydrogens is 268 g/mol. The largest absolute Gasteiger partial charge is 0.480 e. The predicted molar refractivity (Wildman–Crippen MR) is 81.2 cm³/mol. The molecule has 0 saturated carbocycles. The Bertz CT molecular complexity index is 510. The van der Waals surface area contributed by atoms with Gasteiger partial charge in [0.05, 0.1) is 5.69 Å². The number of hydrogen-bond acceptors (Lipinski definition) is 4. The third kappa shape index (κ3) is 3.37. The number of ether oxygens (including phenoxy) is 1. The molecule has 2 unspecified atom stereocenters. The normalized spacial score (nSPS) is 20.4. The molecule has 21 heavy (non-hydrogen) atoms. The molecule has 2 atom stereocenters. The summed E-state index contributed by atoms with van der Waals surface area (Å²) in [6.45, 7) is 6.62. The van der Waals surface area contributed by atoms with E-state index in [-0.39, 0.29) is 24.6 Å². The van der Waals surface area contributed by atoms with Crippen LogP contribution in [-0.2, 0) is 11.8 Å². The highest BCUT2D eigenvalue weighted by Crippen LogP contribution is 2.23. The van der Waals surface area contributed by atoms with Crippen LogP contribution in [0.2, 0.25) is 0 Å². The van der Waals surface area contributed by atoms with Crippen molar-refractivity contribution in [1.29, 1.82) is 0 Å². The first-order valence-electron chi connectivity index (χ1n) is 7.60. The summed E-state index contributed by atoms with van der Waals surface area (Å²) in [6.07, 6.45) is 3.16. The van der Waals surface area contributed by atoms with Crippen molar-refractivity contribution in [2.75, 3.05) is 13.2 Å². The van der Waals surface area contributed by atoms with Gasteiger partial charge in [-0.15, -0.1) is 0 Å². The Labute approximate surface area is 126 Å². The quantitative estimate of drug-likeness (QED) is 0.904. The SMILES string of the molecule is Cc1nn(C)c(C)c1OCC(=O)N1CCCCC1C(C)N. The van der Waals surface area contributed by atoms with Crippen molar-refractivity contribution in [1.82, 2.24) is 14.7 Å². The molecule has 0 spiro atoms. The van der Waals surface area contributed by atoms with Gasteiger partial charge in [-0.05, 0) is 40.0 Å². The van der Waals surface area contributed by atoms with Gasteiger partial charge in [0, 0.05) is 25.7 Å². The molecule has 1 aliphatic rings. The fourth-order valence-electron chi connectivity index (χ4n) is 2.99. The topological polar surface area (TPSA) is 73.4 Å². The van der Waals surface area contributed by atoms with Crippen LogP contribution in [0.3, 0.4) is 0 Å². The summed E-state index contributed by atoms with van der Waals surface area (Å²) in [5.41, 5.74) is 7.75. The fraction of sp³-hybridized carbons (Fsp3) is 0.733. The van der Waals surface area contributed by atoms with E-state index in [9.17, 15) is 4.79 Å². The Hall–Kier alpha value is -1.56. The number of piperidine rings is 1. The van der Waals surface area contributed by atoms with Crippen molar-refractivity contribution < 1.29 is 9.53 Å². The molecular formula is C15H26N4O2. The fourth-order valence-corrected chi connectivity index (χ4v) is 2.99. The minimum atomic E-state index is -0.00360. The Morgan fingerprint density at radius 2 is 2.19 bits per heavy atom. The molecule has 0 aromatic carbocycles. The number of amides is 1. The van der Waals surface area contributed by atoms with Gasteiger partial charge >= 0.3 is 0 Å². The number of rotatable bonds is 4. The van der Waals surface area contributed by atoms with Crippen molar-refractivity contribution in [2.24, 2.45) is 12.8 Å². The van der Waals surface area contributed by atoms with E-state index in [1.54, 1.807) is 4.68 Å². The third-order valence-corrected chi connectivity index (χ3v) is 4.26. The van der Waals surface area contributed by atoms with Gasteiger partial charge in [-0.25, -0.2) is 0 Å². The van der Waals surface area contributed by atoms with E-state index in [1.165, 1.54) is 0 Å². The number of aryl methyl sites for hydroxylation is 2. The maximum Gasteiger partial charge on any atom is 0.260 e. The second-order valence-corrected chi connectivity index (χ2v) is 5.92. The molecule has 0 bridgehead atoms. The molecule has 6 heteroatoms. The van der Waals surface area contributed by atoms with Crippen LogP contribution in [0.1, 0.15) is 37.6 Å². The molecule has 1 amide bonds. The molecule has 1 saturated heterocycles. The predicted octanol–water partition coefficient (Wildman–Crippen LogP) is 1.14. The lowest BCUT2D eigenvalue weighted by atomic mass is 9.97.